The van der Waals surface area contributed by atoms with Crippen LogP contribution < -0.4 is 4.72 Å². The maximum Gasteiger partial charge on any atom is 0.335 e. The summed E-state index contributed by atoms with van der Waals surface area (Å²) in [7, 11) is -3.61. The Bertz CT molecular complexity index is 737. The van der Waals surface area contributed by atoms with Gasteiger partial charge in [-0.3, -0.25) is 4.72 Å². The minimum absolute atomic E-state index is 0.0581. The van der Waals surface area contributed by atoms with Gasteiger partial charge in [0.1, 0.15) is 0 Å². The number of nitrogens with zero attached hydrogens (tertiary/aromatic N) is 1. The highest BCUT2D eigenvalue weighted by Crippen LogP contribution is 2.19. The van der Waals surface area contributed by atoms with Gasteiger partial charge in [0, 0.05) is 11.1 Å². The van der Waals surface area contributed by atoms with Crippen molar-refractivity contribution < 1.29 is 18.3 Å². The number of aromatic nitrogens is 1. The van der Waals surface area contributed by atoms with Crippen molar-refractivity contribution in [2.75, 3.05) is 4.72 Å². The summed E-state index contributed by atoms with van der Waals surface area (Å²) < 4.78 is 26.3. The third-order valence-corrected chi connectivity index (χ3v) is 4.57. The van der Waals surface area contributed by atoms with Gasteiger partial charge in [0.25, 0.3) is 0 Å². The lowest BCUT2D eigenvalue weighted by molar-refractivity contribution is 0.0696. The van der Waals surface area contributed by atoms with Crippen molar-refractivity contribution in [3.8, 4) is 0 Å². The van der Waals surface area contributed by atoms with Crippen LogP contribution in [0.25, 0.3) is 0 Å². The number of hydrogen-bond acceptors (Lipinski definition) is 5. The average molecular weight is 312 g/mol. The number of thiazole rings is 1. The number of carboxylic acids is 1. The molecule has 0 saturated heterocycles. The van der Waals surface area contributed by atoms with Crippen LogP contribution in [-0.4, -0.2) is 24.5 Å². The van der Waals surface area contributed by atoms with E-state index in [1.54, 1.807) is 12.3 Å². The Kier molecular flexibility index (Phi) is 4.05. The summed E-state index contributed by atoms with van der Waals surface area (Å²) >= 11 is 1.24. The number of aromatic carboxylic acids is 1. The van der Waals surface area contributed by atoms with Gasteiger partial charge in [-0.25, -0.2) is 18.2 Å². The molecule has 0 aliphatic carbocycles. The van der Waals surface area contributed by atoms with Crippen LogP contribution in [0.3, 0.4) is 0 Å². The van der Waals surface area contributed by atoms with Crippen molar-refractivity contribution in [3.63, 3.8) is 0 Å². The fourth-order valence-corrected chi connectivity index (χ4v) is 3.66. The molecule has 20 heavy (non-hydrogen) atoms. The molecule has 8 heteroatoms. The minimum atomic E-state index is -3.61. The number of anilines is 1. The normalized spacial score (nSPS) is 11.2. The summed E-state index contributed by atoms with van der Waals surface area (Å²) in [6, 6.07) is 5.84. The summed E-state index contributed by atoms with van der Waals surface area (Å²) in [6.07, 6.45) is 1.58. The molecule has 0 atom stereocenters. The molecule has 6 nitrogen and oxygen atoms in total. The molecule has 0 amide bonds. The Morgan fingerprint density at radius 1 is 1.45 bits per heavy atom. The van der Waals surface area contributed by atoms with E-state index in [4.69, 9.17) is 5.11 Å². The van der Waals surface area contributed by atoms with Gasteiger partial charge in [0.2, 0.25) is 10.0 Å². The number of rotatable bonds is 5. The number of nitrogens with one attached hydrogen (secondary N) is 1. The van der Waals surface area contributed by atoms with Gasteiger partial charge in [-0.15, -0.1) is 11.3 Å². The molecular formula is C12H12N2O4S2. The van der Waals surface area contributed by atoms with E-state index in [0.717, 1.165) is 4.88 Å². The largest absolute Gasteiger partial charge is 0.478 e. The molecule has 0 unspecified atom stereocenters. The monoisotopic (exact) mass is 312 g/mol. The van der Waals surface area contributed by atoms with Crippen LogP contribution in [0.1, 0.15) is 20.8 Å². The summed E-state index contributed by atoms with van der Waals surface area (Å²) in [5.41, 5.74) is 0.466. The first kappa shape index (κ1) is 14.5. The molecule has 106 valence electrons. The summed E-state index contributed by atoms with van der Waals surface area (Å²) in [4.78, 5) is 15.7. The van der Waals surface area contributed by atoms with Crippen molar-refractivity contribution in [3.05, 3.63) is 46.5 Å². The number of aryl methyl sites for hydroxylation is 1. The van der Waals surface area contributed by atoms with Crippen molar-refractivity contribution in [1.82, 2.24) is 4.98 Å². The highest BCUT2D eigenvalue weighted by atomic mass is 32.2. The van der Waals surface area contributed by atoms with E-state index < -0.39 is 16.0 Å². The van der Waals surface area contributed by atoms with E-state index in [1.807, 2.05) is 6.92 Å². The Morgan fingerprint density at radius 2 is 2.20 bits per heavy atom. The number of benzene rings is 1. The molecule has 0 aliphatic heterocycles. The van der Waals surface area contributed by atoms with E-state index in [9.17, 15) is 13.2 Å². The third-order valence-electron chi connectivity index (χ3n) is 2.39. The van der Waals surface area contributed by atoms with Crippen LogP contribution in [0.2, 0.25) is 0 Å². The fourth-order valence-electron chi connectivity index (χ4n) is 1.58. The number of carboxylic acid groups (broad SMARTS) is 1. The van der Waals surface area contributed by atoms with Crippen molar-refractivity contribution in [1.29, 1.82) is 0 Å². The van der Waals surface area contributed by atoms with Crippen molar-refractivity contribution in [2.45, 2.75) is 12.7 Å². The van der Waals surface area contributed by atoms with Gasteiger partial charge in [-0.1, -0.05) is 12.1 Å². The lowest BCUT2D eigenvalue weighted by Gasteiger charge is -2.05. The van der Waals surface area contributed by atoms with Crippen molar-refractivity contribution in [2.24, 2.45) is 0 Å². The smallest absolute Gasteiger partial charge is 0.335 e. The predicted molar refractivity (Wildman–Crippen MR) is 76.5 cm³/mol. The lowest BCUT2D eigenvalue weighted by Crippen LogP contribution is -2.15. The Balaban J connectivity index is 2.15. The molecule has 1 aromatic heterocycles. The maximum atomic E-state index is 12.0. The predicted octanol–water partition coefficient (Wildman–Crippen LogP) is 2.09. The topological polar surface area (TPSA) is 96.4 Å². The third kappa shape index (κ3) is 3.78. The second-order valence-corrected chi connectivity index (χ2v) is 7.10. The van der Waals surface area contributed by atoms with Gasteiger partial charge in [-0.2, -0.15) is 0 Å². The quantitative estimate of drug-likeness (QED) is 0.881. The molecule has 1 aromatic carbocycles. The fraction of sp³-hybridized carbons (Fsp3) is 0.167. The molecule has 0 radical (unpaired) electrons. The second-order valence-electron chi connectivity index (χ2n) is 4.14. The van der Waals surface area contributed by atoms with Crippen LogP contribution in [0.4, 0.5) is 5.13 Å². The molecule has 2 N–H and O–H groups in total. The molecule has 0 spiro atoms. The zero-order valence-corrected chi connectivity index (χ0v) is 12.2. The van der Waals surface area contributed by atoms with E-state index in [1.165, 1.54) is 29.5 Å². The van der Waals surface area contributed by atoms with Gasteiger partial charge in [0.05, 0.1) is 11.3 Å². The standard InChI is InChI=1S/C12H12N2O4S2/c1-8-6-13-12(19-8)14-20(17,18)7-9-3-2-4-10(5-9)11(15)16/h2-6H,7H2,1H3,(H,13,14)(H,15,16). The SMILES string of the molecule is Cc1cnc(NS(=O)(=O)Cc2cccc(C(=O)O)c2)s1. The van der Waals surface area contributed by atoms with Crippen molar-refractivity contribution >= 4 is 32.5 Å². The van der Waals surface area contributed by atoms with E-state index in [2.05, 4.69) is 9.71 Å². The maximum absolute atomic E-state index is 12.0. The first-order valence-electron chi connectivity index (χ1n) is 5.61. The molecule has 0 saturated carbocycles. The van der Waals surface area contributed by atoms with E-state index >= 15 is 0 Å². The summed E-state index contributed by atoms with van der Waals surface area (Å²) in [5, 5.41) is 9.17. The average Bonchev–Trinajstić information content (AvgIpc) is 2.73. The highest BCUT2D eigenvalue weighted by molar-refractivity contribution is 7.92. The number of carbonyl (C=O) groups is 1. The zero-order chi connectivity index (χ0) is 14.8. The molecule has 1 heterocycles. The Labute approximate surface area is 120 Å². The summed E-state index contributed by atoms with van der Waals surface area (Å²) in [6.45, 7) is 1.83. The van der Waals surface area contributed by atoms with Crippen LogP contribution in [0.15, 0.2) is 30.5 Å². The molecule has 0 fully saturated rings. The number of sulfonamides is 1. The second kappa shape index (κ2) is 5.59. The van der Waals surface area contributed by atoms with E-state index in [-0.39, 0.29) is 11.3 Å². The molecule has 2 rings (SSSR count). The minimum Gasteiger partial charge on any atom is -0.478 e. The first-order valence-corrected chi connectivity index (χ1v) is 8.08. The lowest BCUT2D eigenvalue weighted by atomic mass is 10.1. The molecule has 2 aromatic rings. The van der Waals surface area contributed by atoms with E-state index in [0.29, 0.717) is 10.7 Å². The van der Waals surface area contributed by atoms with Crippen LogP contribution in [0.5, 0.6) is 0 Å². The highest BCUT2D eigenvalue weighted by Gasteiger charge is 2.14. The van der Waals surface area contributed by atoms with Crippen LogP contribution in [0, 0.1) is 6.92 Å². The van der Waals surface area contributed by atoms with Gasteiger partial charge >= 0.3 is 5.97 Å². The first-order chi connectivity index (χ1) is 9.35. The molecule has 0 bridgehead atoms. The van der Waals surface area contributed by atoms with Gasteiger partial charge in [0.15, 0.2) is 5.13 Å². The van der Waals surface area contributed by atoms with Crippen LogP contribution in [-0.2, 0) is 15.8 Å². The number of hydrogen-bond donors (Lipinski definition) is 2. The van der Waals surface area contributed by atoms with Crippen LogP contribution >= 0.6 is 11.3 Å². The zero-order valence-electron chi connectivity index (χ0n) is 10.5. The molecule has 0 aliphatic rings. The molecular weight excluding hydrogens is 300 g/mol. The Hall–Kier alpha value is -1.93. The van der Waals surface area contributed by atoms with Gasteiger partial charge in [-0.05, 0) is 24.6 Å². The van der Waals surface area contributed by atoms with Gasteiger partial charge < -0.3 is 5.11 Å². The summed E-state index contributed by atoms with van der Waals surface area (Å²) in [5.74, 6) is -1.39. The Morgan fingerprint density at radius 3 is 2.80 bits per heavy atom.